The van der Waals surface area contributed by atoms with Crippen LogP contribution in [0.4, 0.5) is 0 Å². The van der Waals surface area contributed by atoms with E-state index >= 15 is 0 Å². The third kappa shape index (κ3) is 2.43. The molecule has 94 valence electrons. The van der Waals surface area contributed by atoms with E-state index in [0.717, 1.165) is 18.7 Å². The van der Waals surface area contributed by atoms with E-state index < -0.39 is 0 Å². The van der Waals surface area contributed by atoms with Crippen LogP contribution in [0.25, 0.3) is 5.69 Å². The monoisotopic (exact) mass is 242 g/mol. The second-order valence-corrected chi connectivity index (χ2v) is 4.82. The van der Waals surface area contributed by atoms with Crippen LogP contribution in [0.2, 0.25) is 0 Å². The first-order chi connectivity index (χ1) is 8.93. The lowest BCUT2D eigenvalue weighted by Crippen LogP contribution is -2.36. The summed E-state index contributed by atoms with van der Waals surface area (Å²) in [7, 11) is 0. The van der Waals surface area contributed by atoms with E-state index in [-0.39, 0.29) is 0 Å². The summed E-state index contributed by atoms with van der Waals surface area (Å²) in [6.45, 7) is 1.14. The highest BCUT2D eigenvalue weighted by atomic mass is 15.4. The first-order valence-corrected chi connectivity index (χ1v) is 6.62. The van der Waals surface area contributed by atoms with Crippen LogP contribution in [0.1, 0.15) is 25.0 Å². The summed E-state index contributed by atoms with van der Waals surface area (Å²) in [5.74, 6) is 0. The fraction of sp³-hybridized carbons (Fsp3) is 0.429. The number of rotatable bonds is 3. The predicted molar refractivity (Wildman–Crippen MR) is 70.7 cm³/mol. The molecule has 1 aliphatic heterocycles. The fourth-order valence-electron chi connectivity index (χ4n) is 2.53. The molecule has 1 fully saturated rings. The van der Waals surface area contributed by atoms with Gasteiger partial charge in [0.15, 0.2) is 0 Å². The number of hydrogen-bond donors (Lipinski definition) is 1. The largest absolute Gasteiger partial charge is 0.314 e. The molecule has 0 saturated carbocycles. The number of aromatic nitrogens is 3. The van der Waals surface area contributed by atoms with Gasteiger partial charge in [0.05, 0.1) is 17.6 Å². The van der Waals surface area contributed by atoms with Gasteiger partial charge in [0.2, 0.25) is 0 Å². The number of nitrogens with zero attached hydrogens (tertiary/aromatic N) is 3. The van der Waals surface area contributed by atoms with Crippen molar-refractivity contribution in [3.05, 3.63) is 42.2 Å². The highest BCUT2D eigenvalue weighted by Gasteiger charge is 2.16. The number of piperidine rings is 1. The Kier molecular flexibility index (Phi) is 3.37. The maximum Gasteiger partial charge on any atom is 0.0730 e. The zero-order valence-electron chi connectivity index (χ0n) is 10.4. The van der Waals surface area contributed by atoms with Crippen molar-refractivity contribution >= 4 is 0 Å². The molecule has 4 heteroatoms. The molecule has 1 unspecified atom stereocenters. The lowest BCUT2D eigenvalue weighted by molar-refractivity contribution is 0.395. The third-order valence-corrected chi connectivity index (χ3v) is 3.49. The molecule has 1 N–H and O–H groups in total. The van der Waals surface area contributed by atoms with Gasteiger partial charge >= 0.3 is 0 Å². The Morgan fingerprint density at radius 2 is 2.11 bits per heavy atom. The predicted octanol–water partition coefficient (Wildman–Crippen LogP) is 1.95. The summed E-state index contributed by atoms with van der Waals surface area (Å²) < 4.78 is 1.94. The van der Waals surface area contributed by atoms with Crippen molar-refractivity contribution in [3.8, 4) is 5.69 Å². The zero-order chi connectivity index (χ0) is 12.2. The molecule has 0 radical (unpaired) electrons. The second kappa shape index (κ2) is 5.31. The molecule has 0 bridgehead atoms. The summed E-state index contributed by atoms with van der Waals surface area (Å²) in [6, 6.07) is 10.8. The molecule has 1 saturated heterocycles. The van der Waals surface area contributed by atoms with E-state index in [1.807, 2.05) is 29.1 Å². The molecule has 2 aromatic rings. The Balaban J connectivity index is 1.79. The van der Waals surface area contributed by atoms with Gasteiger partial charge < -0.3 is 5.32 Å². The SMILES string of the molecule is c1ccc(-n2nncc2CC2CCCCN2)cc1. The summed E-state index contributed by atoms with van der Waals surface area (Å²) in [5.41, 5.74) is 2.27. The van der Waals surface area contributed by atoms with Gasteiger partial charge in [-0.2, -0.15) is 0 Å². The Morgan fingerprint density at radius 3 is 2.89 bits per heavy atom. The molecular formula is C14H18N4. The summed E-state index contributed by atoms with van der Waals surface area (Å²) in [5, 5.41) is 11.8. The molecule has 18 heavy (non-hydrogen) atoms. The molecule has 4 nitrogen and oxygen atoms in total. The van der Waals surface area contributed by atoms with Crippen LogP contribution in [0, 0.1) is 0 Å². The van der Waals surface area contributed by atoms with Gasteiger partial charge in [0.25, 0.3) is 0 Å². The number of nitrogens with one attached hydrogen (secondary N) is 1. The number of hydrogen-bond acceptors (Lipinski definition) is 3. The van der Waals surface area contributed by atoms with Crippen molar-refractivity contribution in [2.45, 2.75) is 31.7 Å². The Bertz CT molecular complexity index is 486. The molecular weight excluding hydrogens is 224 g/mol. The van der Waals surface area contributed by atoms with Crippen molar-refractivity contribution in [1.82, 2.24) is 20.3 Å². The molecule has 0 amide bonds. The highest BCUT2D eigenvalue weighted by Crippen LogP contribution is 2.14. The molecule has 1 aromatic heterocycles. The minimum Gasteiger partial charge on any atom is -0.314 e. The van der Waals surface area contributed by atoms with Crippen molar-refractivity contribution in [2.75, 3.05) is 6.54 Å². The zero-order valence-corrected chi connectivity index (χ0v) is 10.4. The van der Waals surface area contributed by atoms with Crippen LogP contribution >= 0.6 is 0 Å². The Morgan fingerprint density at radius 1 is 1.22 bits per heavy atom. The van der Waals surface area contributed by atoms with Crippen LogP contribution in [0.5, 0.6) is 0 Å². The highest BCUT2D eigenvalue weighted by molar-refractivity contribution is 5.31. The van der Waals surface area contributed by atoms with Gasteiger partial charge in [-0.15, -0.1) is 5.10 Å². The molecule has 1 atom stereocenters. The maximum atomic E-state index is 4.19. The lowest BCUT2D eigenvalue weighted by Gasteiger charge is -2.23. The molecule has 0 aliphatic carbocycles. The lowest BCUT2D eigenvalue weighted by atomic mass is 10.0. The van der Waals surface area contributed by atoms with E-state index in [9.17, 15) is 0 Å². The third-order valence-electron chi connectivity index (χ3n) is 3.49. The first kappa shape index (κ1) is 11.4. The molecule has 1 aliphatic rings. The molecule has 1 aromatic carbocycles. The summed E-state index contributed by atoms with van der Waals surface area (Å²) in [6.07, 6.45) is 6.75. The molecule has 3 rings (SSSR count). The Hall–Kier alpha value is -1.68. The molecule has 0 spiro atoms. The van der Waals surface area contributed by atoms with Gasteiger partial charge in [-0.05, 0) is 31.5 Å². The number of benzene rings is 1. The van der Waals surface area contributed by atoms with Gasteiger partial charge in [-0.1, -0.05) is 29.8 Å². The van der Waals surface area contributed by atoms with Crippen molar-refractivity contribution in [2.24, 2.45) is 0 Å². The van der Waals surface area contributed by atoms with Crippen molar-refractivity contribution in [1.29, 1.82) is 0 Å². The Labute approximate surface area is 107 Å². The topological polar surface area (TPSA) is 42.7 Å². The van der Waals surface area contributed by atoms with Crippen LogP contribution in [0.15, 0.2) is 36.5 Å². The van der Waals surface area contributed by atoms with Crippen molar-refractivity contribution < 1.29 is 0 Å². The maximum absolute atomic E-state index is 4.19. The molecule has 2 heterocycles. The van der Waals surface area contributed by atoms with E-state index in [2.05, 4.69) is 27.8 Å². The minimum atomic E-state index is 0.569. The average Bonchev–Trinajstić information content (AvgIpc) is 2.89. The van der Waals surface area contributed by atoms with E-state index in [0.29, 0.717) is 6.04 Å². The smallest absolute Gasteiger partial charge is 0.0730 e. The van der Waals surface area contributed by atoms with Crippen LogP contribution in [0.3, 0.4) is 0 Å². The summed E-state index contributed by atoms with van der Waals surface area (Å²) >= 11 is 0. The van der Waals surface area contributed by atoms with Gasteiger partial charge in [-0.3, -0.25) is 0 Å². The first-order valence-electron chi connectivity index (χ1n) is 6.62. The minimum absolute atomic E-state index is 0.569. The normalized spacial score (nSPS) is 19.9. The van der Waals surface area contributed by atoms with Gasteiger partial charge in [0.1, 0.15) is 0 Å². The van der Waals surface area contributed by atoms with Gasteiger partial charge in [-0.25, -0.2) is 4.68 Å². The van der Waals surface area contributed by atoms with Crippen LogP contribution in [-0.4, -0.2) is 27.6 Å². The fourth-order valence-corrected chi connectivity index (χ4v) is 2.53. The standard InChI is InChI=1S/C14H18N4/c1-2-7-13(8-3-1)18-14(11-16-17-18)10-12-6-4-5-9-15-12/h1-3,7-8,11-12,15H,4-6,9-10H2. The van der Waals surface area contributed by atoms with E-state index in [4.69, 9.17) is 0 Å². The number of para-hydroxylation sites is 1. The van der Waals surface area contributed by atoms with Crippen LogP contribution in [-0.2, 0) is 6.42 Å². The summed E-state index contributed by atoms with van der Waals surface area (Å²) in [4.78, 5) is 0. The van der Waals surface area contributed by atoms with E-state index in [1.165, 1.54) is 25.0 Å². The average molecular weight is 242 g/mol. The van der Waals surface area contributed by atoms with Crippen molar-refractivity contribution in [3.63, 3.8) is 0 Å². The second-order valence-electron chi connectivity index (χ2n) is 4.82. The van der Waals surface area contributed by atoms with Crippen LogP contribution < -0.4 is 5.32 Å². The quantitative estimate of drug-likeness (QED) is 0.894. The van der Waals surface area contributed by atoms with E-state index in [1.54, 1.807) is 0 Å². The van der Waals surface area contributed by atoms with Gasteiger partial charge in [0, 0.05) is 12.5 Å².